The van der Waals surface area contributed by atoms with E-state index in [1.165, 1.54) is 0 Å². The summed E-state index contributed by atoms with van der Waals surface area (Å²) in [6.07, 6.45) is 8.39. The molecule has 0 saturated carbocycles. The fourth-order valence-corrected chi connectivity index (χ4v) is 4.76. The van der Waals surface area contributed by atoms with E-state index in [9.17, 15) is 4.79 Å². The summed E-state index contributed by atoms with van der Waals surface area (Å²) in [5.41, 5.74) is 2.04. The van der Waals surface area contributed by atoms with Crippen LogP contribution < -0.4 is 4.90 Å². The lowest BCUT2D eigenvalue weighted by atomic mass is 10.0. The third-order valence-corrected chi connectivity index (χ3v) is 6.27. The van der Waals surface area contributed by atoms with Crippen molar-refractivity contribution in [2.24, 2.45) is 0 Å². The van der Waals surface area contributed by atoms with E-state index in [0.717, 1.165) is 34.9 Å². The normalized spacial score (nSPS) is 22.3. The number of amides is 1. The highest BCUT2D eigenvalue weighted by Crippen LogP contribution is 2.42. The molecule has 1 heterocycles. The Bertz CT molecular complexity index is 801. The maximum Gasteiger partial charge on any atom is 0.257 e. The maximum absolute atomic E-state index is 13.5. The minimum Gasteiger partial charge on any atom is -0.497 e. The number of carbonyl (C=O) groups is 1. The highest BCUT2D eigenvalue weighted by Gasteiger charge is 2.39. The molecule has 0 N–H and O–H groups in total. The molecule has 1 aliphatic carbocycles. The Hall–Kier alpha value is -2.02. The number of hydrogen-bond donors (Lipinski definition) is 0. The highest BCUT2D eigenvalue weighted by atomic mass is 32.2. The van der Waals surface area contributed by atoms with Crippen LogP contribution in [0.25, 0.3) is 0 Å². The van der Waals surface area contributed by atoms with Crippen LogP contribution >= 0.6 is 11.8 Å². The van der Waals surface area contributed by atoms with Gasteiger partial charge in [-0.2, -0.15) is 0 Å². The fourth-order valence-electron chi connectivity index (χ4n) is 3.37. The van der Waals surface area contributed by atoms with E-state index in [2.05, 4.69) is 17.0 Å². The summed E-state index contributed by atoms with van der Waals surface area (Å²) in [6, 6.07) is 8.11. The quantitative estimate of drug-likeness (QED) is 0.731. The molecule has 1 aromatic rings. The number of likely N-dealkylation sites (N-methyl/N-ethyl adjacent to an activating group) is 1. The van der Waals surface area contributed by atoms with Gasteiger partial charge in [-0.1, -0.05) is 24.3 Å². The van der Waals surface area contributed by atoms with Gasteiger partial charge in [0.2, 0.25) is 0 Å². The van der Waals surface area contributed by atoms with Crippen LogP contribution in [-0.4, -0.2) is 63.6 Å². The molecule has 1 aromatic carbocycles. The van der Waals surface area contributed by atoms with Crippen molar-refractivity contribution in [3.05, 3.63) is 59.9 Å². The maximum atomic E-state index is 13.5. The average Bonchev–Trinajstić information content (AvgIpc) is 2.99. The van der Waals surface area contributed by atoms with Crippen molar-refractivity contribution in [3.63, 3.8) is 0 Å². The number of nitrogens with zero attached hydrogens (tertiary/aromatic N) is 2. The van der Waals surface area contributed by atoms with Crippen LogP contribution in [0, 0.1) is 0 Å². The van der Waals surface area contributed by atoms with Crippen LogP contribution in [-0.2, 0) is 14.3 Å². The molecule has 0 radical (unpaired) electrons. The predicted molar refractivity (Wildman–Crippen MR) is 115 cm³/mol. The van der Waals surface area contributed by atoms with Gasteiger partial charge in [0.1, 0.15) is 5.76 Å². The van der Waals surface area contributed by atoms with Crippen molar-refractivity contribution in [2.75, 3.05) is 46.3 Å². The lowest BCUT2D eigenvalue weighted by molar-refractivity contribution is -0.127. The van der Waals surface area contributed by atoms with Gasteiger partial charge in [0, 0.05) is 25.1 Å². The minimum atomic E-state index is -0.556. The number of ether oxygens (including phenoxy) is 2. The van der Waals surface area contributed by atoms with E-state index < -0.39 is 6.10 Å². The molecule has 1 aliphatic heterocycles. The zero-order chi connectivity index (χ0) is 20.1. The van der Waals surface area contributed by atoms with Crippen LogP contribution in [0.4, 0.5) is 5.69 Å². The van der Waals surface area contributed by atoms with Crippen molar-refractivity contribution >= 4 is 23.4 Å². The second-order valence-electron chi connectivity index (χ2n) is 7.04. The topological polar surface area (TPSA) is 42.0 Å². The Morgan fingerprint density at radius 1 is 1.18 bits per heavy atom. The van der Waals surface area contributed by atoms with Gasteiger partial charge in [-0.15, -0.1) is 11.8 Å². The minimum absolute atomic E-state index is 0.00488. The van der Waals surface area contributed by atoms with Gasteiger partial charge in [0.15, 0.2) is 6.10 Å². The first-order valence-electron chi connectivity index (χ1n) is 9.42. The number of fused-ring (bicyclic) bond motifs is 1. The van der Waals surface area contributed by atoms with Crippen molar-refractivity contribution in [3.8, 4) is 0 Å². The molecule has 2 aliphatic rings. The van der Waals surface area contributed by atoms with Gasteiger partial charge in [0.05, 0.1) is 18.0 Å². The number of carbonyl (C=O) groups excluding carboxylic acids is 1. The van der Waals surface area contributed by atoms with Gasteiger partial charge < -0.3 is 19.3 Å². The summed E-state index contributed by atoms with van der Waals surface area (Å²) in [5.74, 6) is 0.837. The van der Waals surface area contributed by atoms with Crippen molar-refractivity contribution in [1.82, 2.24) is 4.90 Å². The van der Waals surface area contributed by atoms with E-state index in [1.807, 2.05) is 55.4 Å². The van der Waals surface area contributed by atoms with E-state index in [0.29, 0.717) is 6.54 Å². The van der Waals surface area contributed by atoms with E-state index in [1.54, 1.807) is 26.0 Å². The molecule has 2 unspecified atom stereocenters. The molecule has 0 bridgehead atoms. The van der Waals surface area contributed by atoms with Crippen molar-refractivity contribution in [2.45, 2.75) is 22.7 Å². The smallest absolute Gasteiger partial charge is 0.257 e. The first-order chi connectivity index (χ1) is 13.5. The zero-order valence-corrected chi connectivity index (χ0v) is 17.7. The Morgan fingerprint density at radius 3 is 2.68 bits per heavy atom. The molecular formula is C22H28N2O3S. The molecule has 28 heavy (non-hydrogen) atoms. The summed E-state index contributed by atoms with van der Waals surface area (Å²) in [5, 5.41) is -0.121. The lowest BCUT2D eigenvalue weighted by Gasteiger charge is -2.28. The fraction of sp³-hybridized carbons (Fsp3) is 0.409. The van der Waals surface area contributed by atoms with Crippen LogP contribution in [0.3, 0.4) is 0 Å². The van der Waals surface area contributed by atoms with Crippen LogP contribution in [0.2, 0.25) is 0 Å². The SMILES string of the molecule is COC1=CCC=C(C2Sc3ccccc3N(CCN(C)C)C(=O)C2OC)C=C1. The summed E-state index contributed by atoms with van der Waals surface area (Å²) >= 11 is 1.69. The zero-order valence-electron chi connectivity index (χ0n) is 16.9. The van der Waals surface area contributed by atoms with Crippen LogP contribution in [0.5, 0.6) is 0 Å². The monoisotopic (exact) mass is 400 g/mol. The largest absolute Gasteiger partial charge is 0.497 e. The summed E-state index contributed by atoms with van der Waals surface area (Å²) in [6.45, 7) is 1.41. The molecule has 0 aromatic heterocycles. The molecule has 5 nitrogen and oxygen atoms in total. The highest BCUT2D eigenvalue weighted by molar-refractivity contribution is 8.00. The molecule has 0 spiro atoms. The van der Waals surface area contributed by atoms with E-state index in [4.69, 9.17) is 9.47 Å². The Labute approximate surface area is 171 Å². The second-order valence-corrected chi connectivity index (χ2v) is 8.22. The first-order valence-corrected chi connectivity index (χ1v) is 10.3. The molecule has 150 valence electrons. The number of rotatable bonds is 6. The molecule has 6 heteroatoms. The molecule has 1 amide bonds. The number of anilines is 1. The number of para-hydroxylation sites is 1. The van der Waals surface area contributed by atoms with Crippen LogP contribution in [0.1, 0.15) is 6.42 Å². The Kier molecular flexibility index (Phi) is 6.99. The second kappa shape index (κ2) is 9.45. The number of thioether (sulfide) groups is 1. The number of methoxy groups -OCH3 is 2. The van der Waals surface area contributed by atoms with Gasteiger partial charge in [-0.3, -0.25) is 4.79 Å². The molecule has 3 rings (SSSR count). The summed E-state index contributed by atoms with van der Waals surface area (Å²) in [4.78, 5) is 18.5. The Morgan fingerprint density at radius 2 is 1.96 bits per heavy atom. The van der Waals surface area contributed by atoms with E-state index >= 15 is 0 Å². The van der Waals surface area contributed by atoms with E-state index in [-0.39, 0.29) is 11.2 Å². The summed E-state index contributed by atoms with van der Waals surface area (Å²) in [7, 11) is 7.32. The lowest BCUT2D eigenvalue weighted by Crippen LogP contribution is -2.46. The van der Waals surface area contributed by atoms with Gasteiger partial charge in [0.25, 0.3) is 5.91 Å². The number of allylic oxidation sites excluding steroid dienone is 4. The molecular weight excluding hydrogens is 372 g/mol. The Balaban J connectivity index is 1.98. The number of benzene rings is 1. The molecule has 0 saturated heterocycles. The van der Waals surface area contributed by atoms with Crippen molar-refractivity contribution in [1.29, 1.82) is 0 Å². The number of hydrogen-bond acceptors (Lipinski definition) is 5. The first kappa shape index (κ1) is 20.7. The average molecular weight is 401 g/mol. The summed E-state index contributed by atoms with van der Waals surface area (Å²) < 4.78 is 11.1. The third-order valence-electron chi connectivity index (χ3n) is 4.90. The predicted octanol–water partition coefficient (Wildman–Crippen LogP) is 3.49. The van der Waals surface area contributed by atoms with Crippen LogP contribution in [0.15, 0.2) is 64.8 Å². The molecule has 0 fully saturated rings. The van der Waals surface area contributed by atoms with Gasteiger partial charge in [-0.25, -0.2) is 0 Å². The molecule has 2 atom stereocenters. The van der Waals surface area contributed by atoms with Gasteiger partial charge >= 0.3 is 0 Å². The third kappa shape index (κ3) is 4.51. The standard InChI is InChI=1S/C22H28N2O3S/c1-23(2)14-15-24-18-10-5-6-11-19(18)28-21(20(27-4)22(24)25)16-8-7-9-17(26-3)13-12-16/h5-6,8-13,20-21H,7,14-15H2,1-4H3. The van der Waals surface area contributed by atoms with Crippen molar-refractivity contribution < 1.29 is 14.3 Å². The van der Waals surface area contributed by atoms with Gasteiger partial charge in [-0.05, 0) is 50.4 Å².